The number of benzene rings is 1. The Balaban J connectivity index is 1.57. The van der Waals surface area contributed by atoms with Crippen molar-refractivity contribution in [2.24, 2.45) is 0 Å². The highest BCUT2D eigenvalue weighted by molar-refractivity contribution is 6.32. The monoisotopic (exact) mass is 378 g/mol. The van der Waals surface area contributed by atoms with Gasteiger partial charge in [0.1, 0.15) is 29.8 Å². The Morgan fingerprint density at radius 1 is 1.42 bits per heavy atom. The van der Waals surface area contributed by atoms with Crippen molar-refractivity contribution in [3.8, 4) is 11.5 Å². The minimum Gasteiger partial charge on any atom is -0.497 e. The Bertz CT molecular complexity index is 808. The van der Waals surface area contributed by atoms with Crippen LogP contribution in [0.1, 0.15) is 29.0 Å². The molecule has 0 aliphatic carbocycles. The molecule has 2 aromatic rings. The van der Waals surface area contributed by atoms with Crippen LogP contribution in [-0.2, 0) is 11.4 Å². The van der Waals surface area contributed by atoms with Crippen LogP contribution in [-0.4, -0.2) is 41.7 Å². The normalized spacial score (nSPS) is 16.7. The Kier molecular flexibility index (Phi) is 5.62. The van der Waals surface area contributed by atoms with E-state index in [0.29, 0.717) is 35.2 Å². The fourth-order valence-corrected chi connectivity index (χ4v) is 2.80. The van der Waals surface area contributed by atoms with E-state index in [9.17, 15) is 9.59 Å². The van der Waals surface area contributed by atoms with Crippen LogP contribution < -0.4 is 20.1 Å². The van der Waals surface area contributed by atoms with E-state index >= 15 is 0 Å². The number of aromatic amines is 1. The van der Waals surface area contributed by atoms with Crippen molar-refractivity contribution in [3.05, 3.63) is 40.7 Å². The number of hydrogen-bond donors (Lipinski definition) is 3. The molecule has 26 heavy (non-hydrogen) atoms. The van der Waals surface area contributed by atoms with Crippen molar-refractivity contribution in [2.75, 3.05) is 13.7 Å². The molecule has 1 fully saturated rings. The number of piperidine rings is 1. The third kappa shape index (κ3) is 4.26. The number of ether oxygens (including phenoxy) is 2. The SMILES string of the molecule is COc1ccc(OCc2cc(C(=O)N[C@@H]3CCCNC3=O)n[nH]2)c(Cl)c1. The van der Waals surface area contributed by atoms with Gasteiger partial charge in [0.05, 0.1) is 17.8 Å². The second-order valence-electron chi connectivity index (χ2n) is 5.82. The summed E-state index contributed by atoms with van der Waals surface area (Å²) in [5, 5.41) is 12.5. The number of rotatable bonds is 6. The highest BCUT2D eigenvalue weighted by atomic mass is 35.5. The Morgan fingerprint density at radius 2 is 2.27 bits per heavy atom. The molecule has 9 heteroatoms. The quantitative estimate of drug-likeness (QED) is 0.709. The van der Waals surface area contributed by atoms with Crippen LogP contribution >= 0.6 is 11.6 Å². The van der Waals surface area contributed by atoms with Gasteiger partial charge in [-0.25, -0.2) is 0 Å². The van der Waals surface area contributed by atoms with Crippen LogP contribution in [0.15, 0.2) is 24.3 Å². The first-order chi connectivity index (χ1) is 12.6. The number of hydrogen-bond acceptors (Lipinski definition) is 5. The smallest absolute Gasteiger partial charge is 0.272 e. The number of nitrogens with one attached hydrogen (secondary N) is 3. The van der Waals surface area contributed by atoms with Crippen molar-refractivity contribution in [1.29, 1.82) is 0 Å². The largest absolute Gasteiger partial charge is 0.497 e. The van der Waals surface area contributed by atoms with Crippen LogP contribution in [0.5, 0.6) is 11.5 Å². The molecule has 0 bridgehead atoms. The van der Waals surface area contributed by atoms with E-state index in [2.05, 4.69) is 20.8 Å². The summed E-state index contributed by atoms with van der Waals surface area (Å²) in [6.07, 6.45) is 1.45. The molecule has 1 aromatic carbocycles. The second kappa shape index (κ2) is 8.09. The van der Waals surface area contributed by atoms with Crippen molar-refractivity contribution in [3.63, 3.8) is 0 Å². The molecule has 0 unspecified atom stereocenters. The average Bonchev–Trinajstić information content (AvgIpc) is 3.11. The Morgan fingerprint density at radius 3 is 3.00 bits per heavy atom. The topological polar surface area (TPSA) is 105 Å². The minimum absolute atomic E-state index is 0.163. The zero-order valence-electron chi connectivity index (χ0n) is 14.2. The molecule has 138 valence electrons. The van der Waals surface area contributed by atoms with E-state index in [0.717, 1.165) is 6.42 Å². The molecular formula is C17H19ClN4O4. The van der Waals surface area contributed by atoms with Crippen LogP contribution in [0.25, 0.3) is 0 Å². The number of H-pyrrole nitrogens is 1. The lowest BCUT2D eigenvalue weighted by atomic mass is 10.1. The molecule has 0 saturated carbocycles. The summed E-state index contributed by atoms with van der Waals surface area (Å²) in [7, 11) is 1.56. The summed E-state index contributed by atoms with van der Waals surface area (Å²) >= 11 is 6.12. The first-order valence-electron chi connectivity index (χ1n) is 8.16. The number of aromatic nitrogens is 2. The standard InChI is InChI=1S/C17H19ClN4O4/c1-25-11-4-5-15(12(18)8-11)26-9-10-7-14(22-21-10)17(24)20-13-3-2-6-19-16(13)23/h4-5,7-8,13H,2-3,6,9H2,1H3,(H,19,23)(H,20,24)(H,21,22)/t13-/m1/s1. The Hall–Kier alpha value is -2.74. The fraction of sp³-hybridized carbons (Fsp3) is 0.353. The number of methoxy groups -OCH3 is 1. The number of nitrogens with zero attached hydrogens (tertiary/aromatic N) is 1. The third-order valence-electron chi connectivity index (χ3n) is 3.98. The van der Waals surface area contributed by atoms with E-state index in [1.54, 1.807) is 31.4 Å². The molecule has 3 rings (SSSR count). The van der Waals surface area contributed by atoms with Gasteiger partial charge in [-0.1, -0.05) is 11.6 Å². The van der Waals surface area contributed by atoms with E-state index in [4.69, 9.17) is 21.1 Å². The predicted molar refractivity (Wildman–Crippen MR) is 94.4 cm³/mol. The van der Waals surface area contributed by atoms with Gasteiger partial charge < -0.3 is 20.1 Å². The molecule has 1 saturated heterocycles. The first kappa shape index (κ1) is 18.1. The van der Waals surface area contributed by atoms with Crippen LogP contribution in [0.3, 0.4) is 0 Å². The number of amides is 2. The summed E-state index contributed by atoms with van der Waals surface area (Å²) in [5.74, 6) is 0.552. The molecule has 1 atom stereocenters. The molecule has 1 aliphatic heterocycles. The van der Waals surface area contributed by atoms with Crippen molar-refractivity contribution >= 4 is 23.4 Å². The van der Waals surface area contributed by atoms with E-state index in [1.807, 2.05) is 0 Å². The van der Waals surface area contributed by atoms with Gasteiger partial charge in [-0.05, 0) is 31.0 Å². The van der Waals surface area contributed by atoms with Gasteiger partial charge in [0.15, 0.2) is 0 Å². The zero-order chi connectivity index (χ0) is 18.5. The maximum atomic E-state index is 12.2. The summed E-state index contributed by atoms with van der Waals surface area (Å²) < 4.78 is 10.7. The van der Waals surface area contributed by atoms with E-state index < -0.39 is 11.9 Å². The van der Waals surface area contributed by atoms with Crippen molar-refractivity contribution in [2.45, 2.75) is 25.5 Å². The van der Waals surface area contributed by atoms with E-state index in [-0.39, 0.29) is 18.2 Å². The lowest BCUT2D eigenvalue weighted by Crippen LogP contribution is -2.50. The van der Waals surface area contributed by atoms with Gasteiger partial charge >= 0.3 is 0 Å². The fourth-order valence-electron chi connectivity index (χ4n) is 2.57. The summed E-state index contributed by atoms with van der Waals surface area (Å²) in [5.41, 5.74) is 0.804. The molecule has 1 aliphatic rings. The maximum absolute atomic E-state index is 12.2. The highest BCUT2D eigenvalue weighted by Crippen LogP contribution is 2.29. The van der Waals surface area contributed by atoms with Gasteiger partial charge in [0.2, 0.25) is 5.91 Å². The van der Waals surface area contributed by atoms with Crippen LogP contribution in [0, 0.1) is 0 Å². The van der Waals surface area contributed by atoms with Gasteiger partial charge in [-0.15, -0.1) is 0 Å². The molecular weight excluding hydrogens is 360 g/mol. The predicted octanol–water partition coefficient (Wildman–Crippen LogP) is 1.66. The van der Waals surface area contributed by atoms with Crippen LogP contribution in [0.4, 0.5) is 0 Å². The molecule has 3 N–H and O–H groups in total. The number of carbonyl (C=O) groups is 2. The van der Waals surface area contributed by atoms with Crippen molar-refractivity contribution < 1.29 is 19.1 Å². The molecule has 0 spiro atoms. The minimum atomic E-state index is -0.522. The lowest BCUT2D eigenvalue weighted by molar-refractivity contribution is -0.124. The highest BCUT2D eigenvalue weighted by Gasteiger charge is 2.24. The van der Waals surface area contributed by atoms with Gasteiger partial charge in [0, 0.05) is 12.6 Å². The van der Waals surface area contributed by atoms with Gasteiger partial charge in [-0.3, -0.25) is 14.7 Å². The van der Waals surface area contributed by atoms with Crippen LogP contribution in [0.2, 0.25) is 5.02 Å². The summed E-state index contributed by atoms with van der Waals surface area (Å²) in [4.78, 5) is 23.9. The second-order valence-corrected chi connectivity index (χ2v) is 6.23. The summed E-state index contributed by atoms with van der Waals surface area (Å²) in [6.45, 7) is 0.805. The lowest BCUT2D eigenvalue weighted by Gasteiger charge is -2.22. The van der Waals surface area contributed by atoms with Crippen molar-refractivity contribution in [1.82, 2.24) is 20.8 Å². The average molecular weight is 379 g/mol. The van der Waals surface area contributed by atoms with Gasteiger partial charge in [0.25, 0.3) is 5.91 Å². The summed E-state index contributed by atoms with van der Waals surface area (Å²) in [6, 6.07) is 6.14. The maximum Gasteiger partial charge on any atom is 0.272 e. The molecule has 2 heterocycles. The molecule has 8 nitrogen and oxygen atoms in total. The third-order valence-corrected chi connectivity index (χ3v) is 4.27. The Labute approximate surface area is 155 Å². The zero-order valence-corrected chi connectivity index (χ0v) is 14.9. The number of halogens is 1. The molecule has 0 radical (unpaired) electrons. The van der Waals surface area contributed by atoms with E-state index in [1.165, 1.54) is 0 Å². The molecule has 1 aromatic heterocycles. The number of carbonyl (C=O) groups excluding carboxylic acids is 2. The molecule has 2 amide bonds. The van der Waals surface area contributed by atoms with Gasteiger partial charge in [-0.2, -0.15) is 5.10 Å². The first-order valence-corrected chi connectivity index (χ1v) is 8.54.